The van der Waals surface area contributed by atoms with E-state index in [4.69, 9.17) is 11.2 Å². The lowest BCUT2D eigenvalue weighted by Gasteiger charge is -2.34. The summed E-state index contributed by atoms with van der Waals surface area (Å²) in [6, 6.07) is 9.96. The van der Waals surface area contributed by atoms with Crippen molar-refractivity contribution in [3.63, 3.8) is 0 Å². The second-order valence-corrected chi connectivity index (χ2v) is 5.06. The molecule has 1 N–H and O–H groups in total. The van der Waals surface area contributed by atoms with E-state index < -0.39 is 5.54 Å². The van der Waals surface area contributed by atoms with Crippen molar-refractivity contribution >= 4 is 0 Å². The van der Waals surface area contributed by atoms with Crippen LogP contribution in [-0.4, -0.2) is 34.8 Å². The van der Waals surface area contributed by atoms with Gasteiger partial charge < -0.3 is 9.84 Å². The molecule has 96 valence electrons. The van der Waals surface area contributed by atoms with E-state index in [2.05, 4.69) is 10.8 Å². The zero-order chi connectivity index (χ0) is 13.2. The molecule has 0 saturated carbocycles. The highest BCUT2D eigenvalue weighted by Gasteiger charge is 2.40. The van der Waals surface area contributed by atoms with Crippen LogP contribution < -0.4 is 0 Å². The smallest absolute Gasteiger partial charge is 0.138 e. The Bertz CT molecular complexity index is 436. The Morgan fingerprint density at radius 1 is 1.44 bits per heavy atom. The third-order valence-electron chi connectivity index (χ3n) is 3.36. The summed E-state index contributed by atoms with van der Waals surface area (Å²) in [6.07, 6.45) is 5.24. The predicted octanol–water partition coefficient (Wildman–Crippen LogP) is 1.79. The van der Waals surface area contributed by atoms with Crippen LogP contribution in [0.4, 0.5) is 0 Å². The van der Waals surface area contributed by atoms with Gasteiger partial charge in [0.15, 0.2) is 0 Å². The van der Waals surface area contributed by atoms with Gasteiger partial charge in [0.1, 0.15) is 6.23 Å². The lowest BCUT2D eigenvalue weighted by Crippen LogP contribution is -2.43. The monoisotopic (exact) mass is 245 g/mol. The van der Waals surface area contributed by atoms with Crippen molar-refractivity contribution in [1.29, 1.82) is 0 Å². The van der Waals surface area contributed by atoms with Gasteiger partial charge in [0.05, 0.1) is 18.2 Å². The van der Waals surface area contributed by atoms with Crippen LogP contribution in [0.2, 0.25) is 0 Å². The molecule has 3 heteroatoms. The molecule has 1 fully saturated rings. The number of aliphatic hydroxyl groups is 1. The number of aliphatic hydroxyl groups excluding tert-OH is 1. The molecule has 0 spiro atoms. The molecule has 2 atom stereocenters. The first-order chi connectivity index (χ1) is 8.58. The van der Waals surface area contributed by atoms with E-state index in [1.165, 1.54) is 0 Å². The molecule has 1 aromatic rings. The lowest BCUT2D eigenvalue weighted by molar-refractivity contribution is -0.0356. The number of terminal acetylenes is 1. The average molecular weight is 245 g/mol. The van der Waals surface area contributed by atoms with Crippen molar-refractivity contribution in [1.82, 2.24) is 4.90 Å². The number of benzene rings is 1. The van der Waals surface area contributed by atoms with Crippen molar-refractivity contribution in [2.75, 3.05) is 13.2 Å². The summed E-state index contributed by atoms with van der Waals surface area (Å²) in [5.41, 5.74) is 0.668. The van der Waals surface area contributed by atoms with Crippen LogP contribution in [0, 0.1) is 12.3 Å². The maximum atomic E-state index is 9.28. The second kappa shape index (κ2) is 5.11. The van der Waals surface area contributed by atoms with Crippen LogP contribution in [0.25, 0.3) is 0 Å². The van der Waals surface area contributed by atoms with Gasteiger partial charge in [-0.15, -0.1) is 6.42 Å². The minimum atomic E-state index is -0.398. The summed E-state index contributed by atoms with van der Waals surface area (Å²) >= 11 is 0. The molecule has 2 rings (SSSR count). The van der Waals surface area contributed by atoms with Gasteiger partial charge >= 0.3 is 0 Å². The second-order valence-electron chi connectivity index (χ2n) is 5.06. The highest BCUT2D eigenvalue weighted by molar-refractivity contribution is 5.21. The molecule has 0 unspecified atom stereocenters. The number of hydrogen-bond donors (Lipinski definition) is 1. The van der Waals surface area contributed by atoms with E-state index in [-0.39, 0.29) is 18.9 Å². The SMILES string of the molecule is C#CC(C)(C)N1C[C@@H](CO)O[C@@H]1c1ccccc1. The highest BCUT2D eigenvalue weighted by Crippen LogP contribution is 2.35. The first-order valence-electron chi connectivity index (χ1n) is 6.14. The van der Waals surface area contributed by atoms with Crippen LogP contribution in [0.1, 0.15) is 25.6 Å². The molecular weight excluding hydrogens is 226 g/mol. The van der Waals surface area contributed by atoms with E-state index in [9.17, 15) is 5.11 Å². The molecule has 1 aromatic carbocycles. The van der Waals surface area contributed by atoms with Gasteiger partial charge in [-0.3, -0.25) is 4.90 Å². The first kappa shape index (κ1) is 13.1. The Hall–Kier alpha value is -1.34. The summed E-state index contributed by atoms with van der Waals surface area (Å²) in [5, 5.41) is 9.28. The third-order valence-corrected chi connectivity index (χ3v) is 3.36. The minimum absolute atomic E-state index is 0.0144. The van der Waals surface area contributed by atoms with Crippen LogP contribution >= 0.6 is 0 Å². The van der Waals surface area contributed by atoms with Gasteiger partial charge in [-0.2, -0.15) is 0 Å². The predicted molar refractivity (Wildman–Crippen MR) is 70.8 cm³/mol. The number of ether oxygens (including phenoxy) is 1. The van der Waals surface area contributed by atoms with E-state index in [1.54, 1.807) is 0 Å². The molecular formula is C15H19NO2. The zero-order valence-corrected chi connectivity index (χ0v) is 10.8. The fraction of sp³-hybridized carbons (Fsp3) is 0.467. The maximum Gasteiger partial charge on any atom is 0.138 e. The van der Waals surface area contributed by atoms with Crippen molar-refractivity contribution in [2.24, 2.45) is 0 Å². The maximum absolute atomic E-state index is 9.28. The molecule has 1 saturated heterocycles. The summed E-state index contributed by atoms with van der Waals surface area (Å²) in [6.45, 7) is 4.64. The van der Waals surface area contributed by atoms with Gasteiger partial charge in [-0.05, 0) is 19.4 Å². The quantitative estimate of drug-likeness (QED) is 0.824. The van der Waals surface area contributed by atoms with Crippen LogP contribution in [0.5, 0.6) is 0 Å². The lowest BCUT2D eigenvalue weighted by atomic mass is 10.0. The summed E-state index contributed by atoms with van der Waals surface area (Å²) < 4.78 is 5.88. The van der Waals surface area contributed by atoms with Crippen molar-refractivity contribution in [3.8, 4) is 12.3 Å². The summed E-state index contributed by atoms with van der Waals surface area (Å²) in [7, 11) is 0. The number of hydrogen-bond acceptors (Lipinski definition) is 3. The van der Waals surface area contributed by atoms with E-state index in [0.29, 0.717) is 6.54 Å². The molecule has 0 aromatic heterocycles. The van der Waals surface area contributed by atoms with E-state index >= 15 is 0 Å². The topological polar surface area (TPSA) is 32.7 Å². The van der Waals surface area contributed by atoms with Crippen molar-refractivity contribution < 1.29 is 9.84 Å². The molecule has 0 amide bonds. The van der Waals surface area contributed by atoms with Crippen molar-refractivity contribution in [3.05, 3.63) is 35.9 Å². The zero-order valence-electron chi connectivity index (χ0n) is 10.8. The Kier molecular flexibility index (Phi) is 3.72. The van der Waals surface area contributed by atoms with E-state index in [1.807, 2.05) is 44.2 Å². The molecule has 1 heterocycles. The molecule has 1 aliphatic rings. The van der Waals surface area contributed by atoms with Crippen LogP contribution in [0.15, 0.2) is 30.3 Å². The van der Waals surface area contributed by atoms with Gasteiger partial charge in [-0.1, -0.05) is 36.3 Å². The van der Waals surface area contributed by atoms with Gasteiger partial charge in [0.25, 0.3) is 0 Å². The fourth-order valence-electron chi connectivity index (χ4n) is 2.20. The molecule has 1 aliphatic heterocycles. The van der Waals surface area contributed by atoms with Crippen molar-refractivity contribution in [2.45, 2.75) is 31.7 Å². The van der Waals surface area contributed by atoms with E-state index in [0.717, 1.165) is 5.56 Å². The first-order valence-corrected chi connectivity index (χ1v) is 6.14. The molecule has 0 bridgehead atoms. The van der Waals surface area contributed by atoms with Gasteiger partial charge in [0.2, 0.25) is 0 Å². The summed E-state index contributed by atoms with van der Waals surface area (Å²) in [4.78, 5) is 2.11. The van der Waals surface area contributed by atoms with Gasteiger partial charge in [0, 0.05) is 6.54 Å². The van der Waals surface area contributed by atoms with Gasteiger partial charge in [-0.25, -0.2) is 0 Å². The standard InChI is InChI=1S/C15H19NO2/c1-4-15(2,3)16-10-13(11-17)18-14(16)12-8-6-5-7-9-12/h1,5-9,13-14,17H,10-11H2,2-3H3/t13-,14+/m0/s1. The normalized spacial score (nSPS) is 25.0. The Labute approximate surface area is 108 Å². The highest BCUT2D eigenvalue weighted by atomic mass is 16.5. The minimum Gasteiger partial charge on any atom is -0.394 e. The fourth-order valence-corrected chi connectivity index (χ4v) is 2.20. The number of nitrogens with zero attached hydrogens (tertiary/aromatic N) is 1. The Morgan fingerprint density at radius 2 is 2.11 bits per heavy atom. The largest absolute Gasteiger partial charge is 0.394 e. The molecule has 0 aliphatic carbocycles. The molecule has 18 heavy (non-hydrogen) atoms. The Morgan fingerprint density at radius 3 is 2.67 bits per heavy atom. The summed E-state index contributed by atoms with van der Waals surface area (Å²) in [5.74, 6) is 2.79. The van der Waals surface area contributed by atoms with Crippen LogP contribution in [-0.2, 0) is 4.74 Å². The number of rotatable bonds is 3. The molecule has 3 nitrogen and oxygen atoms in total. The Balaban J connectivity index is 2.30. The average Bonchev–Trinajstić information content (AvgIpc) is 2.85. The third kappa shape index (κ3) is 2.41. The van der Waals surface area contributed by atoms with Crippen LogP contribution in [0.3, 0.4) is 0 Å². The molecule has 0 radical (unpaired) electrons.